The first-order valence-corrected chi connectivity index (χ1v) is 8.64. The van der Waals surface area contributed by atoms with Gasteiger partial charge in [0.2, 0.25) is 5.91 Å². The molecule has 0 atom stereocenters. The van der Waals surface area contributed by atoms with Crippen molar-refractivity contribution in [3.63, 3.8) is 0 Å². The molecule has 0 bridgehead atoms. The molecule has 8 heteroatoms. The number of aryl methyl sites for hydroxylation is 1. The number of ether oxygens (including phenoxy) is 2. The van der Waals surface area contributed by atoms with E-state index in [1.54, 1.807) is 7.11 Å². The number of methoxy groups -OCH3 is 1. The van der Waals surface area contributed by atoms with Gasteiger partial charge in [0.15, 0.2) is 5.16 Å². The van der Waals surface area contributed by atoms with Gasteiger partial charge < -0.3 is 18.9 Å². The molecule has 0 unspecified atom stereocenters. The van der Waals surface area contributed by atoms with Crippen molar-refractivity contribution in [2.75, 3.05) is 45.8 Å². The Morgan fingerprint density at radius 3 is 2.82 bits per heavy atom. The number of hydrogen-bond donors (Lipinski definition) is 0. The van der Waals surface area contributed by atoms with Gasteiger partial charge in [-0.25, -0.2) is 0 Å². The molecule has 1 aromatic rings. The third-order valence-electron chi connectivity index (χ3n) is 3.47. The largest absolute Gasteiger partial charge is 0.383 e. The smallest absolute Gasteiger partial charge is 0.233 e. The molecule has 2 rings (SSSR count). The second-order valence-corrected chi connectivity index (χ2v) is 6.02. The maximum absolute atomic E-state index is 12.2. The number of aromatic nitrogens is 3. The molecule has 1 saturated heterocycles. The zero-order chi connectivity index (χ0) is 15.8. The van der Waals surface area contributed by atoms with Crippen LogP contribution in [0.4, 0.5) is 0 Å². The van der Waals surface area contributed by atoms with Crippen LogP contribution in [0.1, 0.15) is 19.2 Å². The Bertz CT molecular complexity index is 475. The van der Waals surface area contributed by atoms with Gasteiger partial charge in [0.1, 0.15) is 5.82 Å². The van der Waals surface area contributed by atoms with E-state index in [0.717, 1.165) is 23.8 Å². The van der Waals surface area contributed by atoms with Crippen molar-refractivity contribution >= 4 is 17.7 Å². The van der Waals surface area contributed by atoms with Gasteiger partial charge in [0.05, 0.1) is 25.6 Å². The fourth-order valence-electron chi connectivity index (χ4n) is 2.27. The lowest BCUT2D eigenvalue weighted by Gasteiger charge is -2.26. The van der Waals surface area contributed by atoms with Crippen LogP contribution in [0.3, 0.4) is 0 Å². The number of carbonyl (C=O) groups excluding carboxylic acids is 1. The summed E-state index contributed by atoms with van der Waals surface area (Å²) in [5, 5.41) is 9.26. The van der Waals surface area contributed by atoms with E-state index in [1.165, 1.54) is 11.8 Å². The molecule has 0 spiro atoms. The summed E-state index contributed by atoms with van der Waals surface area (Å²) < 4.78 is 12.5. The minimum atomic E-state index is 0.131. The Labute approximate surface area is 135 Å². The van der Waals surface area contributed by atoms with Gasteiger partial charge in [-0.3, -0.25) is 4.79 Å². The Hall–Kier alpha value is -1.12. The Kier molecular flexibility index (Phi) is 7.14. The SMILES string of the molecule is CCCc1nnc(SCC(=O)N2CCOCC2)n1CCOC. The van der Waals surface area contributed by atoms with Gasteiger partial charge in [0, 0.05) is 33.2 Å². The Morgan fingerprint density at radius 1 is 1.36 bits per heavy atom. The second kappa shape index (κ2) is 9.12. The van der Waals surface area contributed by atoms with Crippen molar-refractivity contribution in [1.82, 2.24) is 19.7 Å². The van der Waals surface area contributed by atoms with Gasteiger partial charge in [-0.15, -0.1) is 10.2 Å². The predicted molar refractivity (Wildman–Crippen MR) is 84.0 cm³/mol. The highest BCUT2D eigenvalue weighted by Crippen LogP contribution is 2.18. The lowest BCUT2D eigenvalue weighted by molar-refractivity contribution is -0.132. The van der Waals surface area contributed by atoms with Crippen LogP contribution in [0.15, 0.2) is 5.16 Å². The first-order chi connectivity index (χ1) is 10.8. The molecule has 0 aromatic carbocycles. The van der Waals surface area contributed by atoms with E-state index in [2.05, 4.69) is 21.7 Å². The van der Waals surface area contributed by atoms with Crippen molar-refractivity contribution in [2.45, 2.75) is 31.5 Å². The monoisotopic (exact) mass is 328 g/mol. The number of morpholine rings is 1. The van der Waals surface area contributed by atoms with Crippen LogP contribution in [0.25, 0.3) is 0 Å². The van der Waals surface area contributed by atoms with E-state index in [0.29, 0.717) is 45.2 Å². The summed E-state index contributed by atoms with van der Waals surface area (Å²) in [6, 6.07) is 0. The number of amides is 1. The van der Waals surface area contributed by atoms with E-state index < -0.39 is 0 Å². The molecular weight excluding hydrogens is 304 g/mol. The quantitative estimate of drug-likeness (QED) is 0.658. The van der Waals surface area contributed by atoms with Crippen LogP contribution in [0, 0.1) is 0 Å². The first-order valence-electron chi connectivity index (χ1n) is 7.65. The molecule has 0 radical (unpaired) electrons. The summed E-state index contributed by atoms with van der Waals surface area (Å²) in [6.45, 7) is 6.05. The average Bonchev–Trinajstić information content (AvgIpc) is 2.93. The molecule has 0 N–H and O–H groups in total. The molecule has 1 aromatic heterocycles. The lowest BCUT2D eigenvalue weighted by Crippen LogP contribution is -2.41. The van der Waals surface area contributed by atoms with Crippen LogP contribution >= 0.6 is 11.8 Å². The van der Waals surface area contributed by atoms with E-state index in [1.807, 2.05) is 4.90 Å². The zero-order valence-corrected chi connectivity index (χ0v) is 14.1. The van der Waals surface area contributed by atoms with Gasteiger partial charge in [0.25, 0.3) is 0 Å². The number of hydrogen-bond acceptors (Lipinski definition) is 6. The van der Waals surface area contributed by atoms with Crippen molar-refractivity contribution in [3.8, 4) is 0 Å². The van der Waals surface area contributed by atoms with E-state index >= 15 is 0 Å². The number of thioether (sulfide) groups is 1. The third-order valence-corrected chi connectivity index (χ3v) is 4.43. The van der Waals surface area contributed by atoms with Gasteiger partial charge in [-0.05, 0) is 6.42 Å². The van der Waals surface area contributed by atoms with E-state index in [-0.39, 0.29) is 5.91 Å². The fraction of sp³-hybridized carbons (Fsp3) is 0.786. The van der Waals surface area contributed by atoms with Gasteiger partial charge in [-0.1, -0.05) is 18.7 Å². The maximum atomic E-state index is 12.2. The van der Waals surface area contributed by atoms with Crippen molar-refractivity contribution < 1.29 is 14.3 Å². The average molecular weight is 328 g/mol. The minimum absolute atomic E-state index is 0.131. The van der Waals surface area contributed by atoms with Crippen LogP contribution in [-0.4, -0.2) is 71.3 Å². The highest BCUT2D eigenvalue weighted by molar-refractivity contribution is 7.99. The topological polar surface area (TPSA) is 69.5 Å². The highest BCUT2D eigenvalue weighted by atomic mass is 32.2. The molecule has 124 valence electrons. The molecule has 7 nitrogen and oxygen atoms in total. The van der Waals surface area contributed by atoms with Crippen molar-refractivity contribution in [2.24, 2.45) is 0 Å². The summed E-state index contributed by atoms with van der Waals surface area (Å²) in [7, 11) is 1.68. The molecule has 1 aliphatic heterocycles. The van der Waals surface area contributed by atoms with E-state index in [9.17, 15) is 4.79 Å². The standard InChI is InChI=1S/C14H24N4O3S/c1-3-4-12-15-16-14(18(12)7-8-20-2)22-11-13(19)17-5-9-21-10-6-17/h3-11H2,1-2H3. The molecular formula is C14H24N4O3S. The summed E-state index contributed by atoms with van der Waals surface area (Å²) in [5.74, 6) is 1.48. The molecule has 2 heterocycles. The minimum Gasteiger partial charge on any atom is -0.383 e. The highest BCUT2D eigenvalue weighted by Gasteiger charge is 2.19. The second-order valence-electron chi connectivity index (χ2n) is 5.08. The van der Waals surface area contributed by atoms with Crippen LogP contribution < -0.4 is 0 Å². The van der Waals surface area contributed by atoms with Gasteiger partial charge in [-0.2, -0.15) is 0 Å². The van der Waals surface area contributed by atoms with Crippen LogP contribution in [0.2, 0.25) is 0 Å². The van der Waals surface area contributed by atoms with Crippen molar-refractivity contribution in [3.05, 3.63) is 5.82 Å². The number of rotatable bonds is 8. The predicted octanol–water partition coefficient (Wildman–Crippen LogP) is 0.828. The molecule has 1 amide bonds. The van der Waals surface area contributed by atoms with Crippen molar-refractivity contribution in [1.29, 1.82) is 0 Å². The number of nitrogens with zero attached hydrogens (tertiary/aromatic N) is 4. The number of carbonyl (C=O) groups is 1. The van der Waals surface area contributed by atoms with Crippen LogP contribution in [0.5, 0.6) is 0 Å². The summed E-state index contributed by atoms with van der Waals surface area (Å²) >= 11 is 1.45. The van der Waals surface area contributed by atoms with Crippen LogP contribution in [-0.2, 0) is 27.2 Å². The molecule has 0 saturated carbocycles. The molecule has 1 aliphatic rings. The molecule has 22 heavy (non-hydrogen) atoms. The fourth-order valence-corrected chi connectivity index (χ4v) is 3.16. The van der Waals surface area contributed by atoms with E-state index in [4.69, 9.17) is 9.47 Å². The normalized spacial score (nSPS) is 15.3. The summed E-state index contributed by atoms with van der Waals surface area (Å²) in [6.07, 6.45) is 1.90. The molecule has 1 fully saturated rings. The van der Waals surface area contributed by atoms with Gasteiger partial charge >= 0.3 is 0 Å². The Balaban J connectivity index is 1.94. The summed E-state index contributed by atoms with van der Waals surface area (Å²) in [5.41, 5.74) is 0. The molecule has 0 aliphatic carbocycles. The Morgan fingerprint density at radius 2 is 2.14 bits per heavy atom. The lowest BCUT2D eigenvalue weighted by atomic mass is 10.3. The maximum Gasteiger partial charge on any atom is 0.233 e. The zero-order valence-electron chi connectivity index (χ0n) is 13.3. The first kappa shape index (κ1) is 17.2. The summed E-state index contributed by atoms with van der Waals surface area (Å²) in [4.78, 5) is 14.0. The third kappa shape index (κ3) is 4.69.